The molecular formula is C9H6N2O3. The maximum Gasteiger partial charge on any atom is 0.314 e. The molecule has 5 nitrogen and oxygen atoms in total. The predicted molar refractivity (Wildman–Crippen MR) is 50.6 cm³/mol. The molecule has 14 heavy (non-hydrogen) atoms. The molecule has 70 valence electrons. The van der Waals surface area contributed by atoms with Gasteiger partial charge in [-0.15, -0.1) is 0 Å². The number of carbonyl (C=O) groups is 1. The number of aldehydes is 1. The summed E-state index contributed by atoms with van der Waals surface area (Å²) in [6, 6.07) is 4.62. The van der Waals surface area contributed by atoms with Crippen molar-refractivity contribution in [3.8, 4) is 0 Å². The monoisotopic (exact) mass is 190 g/mol. The summed E-state index contributed by atoms with van der Waals surface area (Å²) >= 11 is 0. The van der Waals surface area contributed by atoms with Gasteiger partial charge in [0.15, 0.2) is 0 Å². The Morgan fingerprint density at radius 2 is 1.64 bits per heavy atom. The van der Waals surface area contributed by atoms with Crippen LogP contribution in [0.15, 0.2) is 27.8 Å². The number of aromatic amines is 2. The first kappa shape index (κ1) is 8.43. The fourth-order valence-electron chi connectivity index (χ4n) is 1.21. The van der Waals surface area contributed by atoms with Gasteiger partial charge in [-0.3, -0.25) is 14.4 Å². The van der Waals surface area contributed by atoms with Crippen LogP contribution in [0, 0.1) is 0 Å². The Morgan fingerprint density at radius 3 is 2.29 bits per heavy atom. The van der Waals surface area contributed by atoms with E-state index in [2.05, 4.69) is 9.97 Å². The van der Waals surface area contributed by atoms with Crippen LogP contribution in [-0.2, 0) is 0 Å². The van der Waals surface area contributed by atoms with Gasteiger partial charge in [0.25, 0.3) is 0 Å². The summed E-state index contributed by atoms with van der Waals surface area (Å²) in [7, 11) is 0. The molecule has 2 N–H and O–H groups in total. The summed E-state index contributed by atoms with van der Waals surface area (Å²) in [4.78, 5) is 37.1. The van der Waals surface area contributed by atoms with E-state index in [9.17, 15) is 14.4 Å². The van der Waals surface area contributed by atoms with E-state index in [0.717, 1.165) is 0 Å². The summed E-state index contributed by atoms with van der Waals surface area (Å²) in [6.45, 7) is 0. The lowest BCUT2D eigenvalue weighted by Crippen LogP contribution is -2.28. The van der Waals surface area contributed by atoms with Crippen LogP contribution in [0.1, 0.15) is 10.4 Å². The standard InChI is InChI=1S/C9H6N2O3/c12-4-5-1-2-6-7(3-5)11-9(14)8(13)10-6/h1-4H,(H,10,13)(H,11,14). The Morgan fingerprint density at radius 1 is 1.00 bits per heavy atom. The zero-order valence-electron chi connectivity index (χ0n) is 7.03. The third-order valence-corrected chi connectivity index (χ3v) is 1.88. The molecule has 0 unspecified atom stereocenters. The lowest BCUT2D eigenvalue weighted by Gasteiger charge is -1.96. The second-order valence-corrected chi connectivity index (χ2v) is 2.83. The zero-order chi connectivity index (χ0) is 10.1. The second kappa shape index (κ2) is 2.95. The first-order valence-corrected chi connectivity index (χ1v) is 3.92. The molecule has 0 aliphatic rings. The summed E-state index contributed by atoms with van der Waals surface area (Å²) in [5.41, 5.74) is -0.0310. The lowest BCUT2D eigenvalue weighted by molar-refractivity contribution is 0.112. The number of benzene rings is 1. The normalized spacial score (nSPS) is 10.3. The number of rotatable bonds is 1. The van der Waals surface area contributed by atoms with Gasteiger partial charge in [-0.2, -0.15) is 0 Å². The highest BCUT2D eigenvalue weighted by atomic mass is 16.2. The molecule has 0 spiro atoms. The Balaban J connectivity index is 2.90. The first-order valence-electron chi connectivity index (χ1n) is 3.92. The van der Waals surface area contributed by atoms with Crippen LogP contribution in [0.3, 0.4) is 0 Å². The maximum atomic E-state index is 10.9. The molecule has 0 fully saturated rings. The molecule has 0 bridgehead atoms. The quantitative estimate of drug-likeness (QED) is 0.491. The number of nitrogens with one attached hydrogen (secondary N) is 2. The number of H-pyrrole nitrogens is 2. The minimum Gasteiger partial charge on any atom is -0.316 e. The number of aromatic nitrogens is 2. The molecule has 5 heteroatoms. The van der Waals surface area contributed by atoms with Crippen molar-refractivity contribution in [2.75, 3.05) is 0 Å². The van der Waals surface area contributed by atoms with Crippen LogP contribution in [0.2, 0.25) is 0 Å². The molecular weight excluding hydrogens is 184 g/mol. The van der Waals surface area contributed by atoms with Gasteiger partial charge in [-0.25, -0.2) is 0 Å². The van der Waals surface area contributed by atoms with Crippen LogP contribution >= 0.6 is 0 Å². The van der Waals surface area contributed by atoms with Gasteiger partial charge in [0.05, 0.1) is 11.0 Å². The van der Waals surface area contributed by atoms with Gasteiger partial charge < -0.3 is 9.97 Å². The largest absolute Gasteiger partial charge is 0.316 e. The van der Waals surface area contributed by atoms with Crippen molar-refractivity contribution in [2.45, 2.75) is 0 Å². The van der Waals surface area contributed by atoms with E-state index in [-0.39, 0.29) is 0 Å². The van der Waals surface area contributed by atoms with E-state index in [1.165, 1.54) is 6.07 Å². The minimum absolute atomic E-state index is 0.444. The molecule has 0 saturated carbocycles. The third-order valence-electron chi connectivity index (χ3n) is 1.88. The Kier molecular flexibility index (Phi) is 1.78. The van der Waals surface area contributed by atoms with Crippen LogP contribution in [0.5, 0.6) is 0 Å². The van der Waals surface area contributed by atoms with Crippen molar-refractivity contribution in [2.24, 2.45) is 0 Å². The third kappa shape index (κ3) is 1.24. The van der Waals surface area contributed by atoms with Crippen LogP contribution in [-0.4, -0.2) is 16.3 Å². The topological polar surface area (TPSA) is 82.8 Å². The minimum atomic E-state index is -0.722. The molecule has 2 rings (SSSR count). The maximum absolute atomic E-state index is 10.9. The molecule has 2 aromatic rings. The molecule has 0 atom stereocenters. The molecule has 0 aliphatic heterocycles. The SMILES string of the molecule is O=Cc1ccc2[nH]c(=O)c(=O)[nH]c2c1. The average Bonchev–Trinajstić information content (AvgIpc) is 2.19. The van der Waals surface area contributed by atoms with Gasteiger partial charge in [0.2, 0.25) is 0 Å². The molecule has 0 radical (unpaired) electrons. The van der Waals surface area contributed by atoms with E-state index in [0.29, 0.717) is 22.9 Å². The van der Waals surface area contributed by atoms with Crippen molar-refractivity contribution < 1.29 is 4.79 Å². The number of hydrogen-bond donors (Lipinski definition) is 2. The number of hydrogen-bond acceptors (Lipinski definition) is 3. The second-order valence-electron chi connectivity index (χ2n) is 2.83. The Bertz CT molecular complexity index is 609. The van der Waals surface area contributed by atoms with Crippen molar-refractivity contribution in [1.82, 2.24) is 9.97 Å². The highest BCUT2D eigenvalue weighted by molar-refractivity contribution is 5.84. The van der Waals surface area contributed by atoms with Crippen molar-refractivity contribution >= 4 is 17.3 Å². The molecule has 1 aromatic carbocycles. The lowest BCUT2D eigenvalue weighted by atomic mass is 10.2. The summed E-state index contributed by atoms with van der Waals surface area (Å²) in [5, 5.41) is 0. The van der Waals surface area contributed by atoms with Crippen molar-refractivity contribution in [1.29, 1.82) is 0 Å². The summed E-state index contributed by atoms with van der Waals surface area (Å²) < 4.78 is 0. The van der Waals surface area contributed by atoms with E-state index >= 15 is 0 Å². The molecule has 0 amide bonds. The highest BCUT2D eigenvalue weighted by Gasteiger charge is 1.99. The fourth-order valence-corrected chi connectivity index (χ4v) is 1.21. The molecule has 0 saturated heterocycles. The van der Waals surface area contributed by atoms with Crippen molar-refractivity contribution in [3.63, 3.8) is 0 Å². The number of fused-ring (bicyclic) bond motifs is 1. The predicted octanol–water partition coefficient (Wildman–Crippen LogP) is 0.0289. The van der Waals surface area contributed by atoms with Crippen LogP contribution in [0.4, 0.5) is 0 Å². The van der Waals surface area contributed by atoms with Gasteiger partial charge in [0, 0.05) is 5.56 Å². The number of carbonyl (C=O) groups excluding carboxylic acids is 1. The van der Waals surface area contributed by atoms with Gasteiger partial charge in [-0.1, -0.05) is 0 Å². The fraction of sp³-hybridized carbons (Fsp3) is 0. The summed E-state index contributed by atoms with van der Waals surface area (Å²) in [6.07, 6.45) is 0.670. The summed E-state index contributed by atoms with van der Waals surface area (Å²) in [5.74, 6) is 0. The van der Waals surface area contributed by atoms with Gasteiger partial charge in [-0.05, 0) is 18.2 Å². The molecule has 1 aromatic heterocycles. The first-order chi connectivity index (χ1) is 6.70. The van der Waals surface area contributed by atoms with E-state index in [1.807, 2.05) is 0 Å². The Hall–Kier alpha value is -2.17. The van der Waals surface area contributed by atoms with Crippen molar-refractivity contribution in [3.05, 3.63) is 44.5 Å². The van der Waals surface area contributed by atoms with E-state index in [4.69, 9.17) is 0 Å². The Labute approximate surface area is 77.4 Å². The van der Waals surface area contributed by atoms with Gasteiger partial charge in [0.1, 0.15) is 6.29 Å². The molecule has 1 heterocycles. The smallest absolute Gasteiger partial charge is 0.314 e. The van der Waals surface area contributed by atoms with Crippen LogP contribution < -0.4 is 11.1 Å². The van der Waals surface area contributed by atoms with E-state index < -0.39 is 11.1 Å². The average molecular weight is 190 g/mol. The highest BCUT2D eigenvalue weighted by Crippen LogP contribution is 2.06. The van der Waals surface area contributed by atoms with Crippen LogP contribution in [0.25, 0.3) is 11.0 Å². The van der Waals surface area contributed by atoms with Gasteiger partial charge >= 0.3 is 11.1 Å². The molecule has 0 aliphatic carbocycles. The zero-order valence-corrected chi connectivity index (χ0v) is 7.03. The van der Waals surface area contributed by atoms with E-state index in [1.54, 1.807) is 12.1 Å².